The standard InChI is InChI=1S/C24H26FN7O4S/c1-13(26)9-27-20-4-3-17(23(33)29-15-7-14-11-32(2)31-21(14)19(25)8-15)22-18(20)10-28-24(30-22)36-12-16-5-6-37(16,34)35/h3-4,7-8,10-11,13,16,27H,5-6,9,12,26H2,1-2H3,(H,29,33)/t13-,16?/m1/s1. The van der Waals surface area contributed by atoms with Crippen LogP contribution < -0.4 is 21.1 Å². The average molecular weight is 528 g/mol. The van der Waals surface area contributed by atoms with E-state index >= 15 is 0 Å². The van der Waals surface area contributed by atoms with Gasteiger partial charge < -0.3 is 21.1 Å². The molecule has 2 aromatic carbocycles. The molecule has 2 atom stereocenters. The first-order valence-electron chi connectivity index (χ1n) is 11.7. The van der Waals surface area contributed by atoms with Crippen LogP contribution in [0.5, 0.6) is 6.01 Å². The first-order valence-corrected chi connectivity index (χ1v) is 13.4. The number of aryl methyl sites for hydroxylation is 1. The Morgan fingerprint density at radius 1 is 1.32 bits per heavy atom. The molecule has 0 saturated carbocycles. The molecule has 11 nitrogen and oxygen atoms in total. The van der Waals surface area contributed by atoms with Crippen molar-refractivity contribution in [2.24, 2.45) is 12.8 Å². The number of halogens is 1. The lowest BCUT2D eigenvalue weighted by atomic mass is 10.1. The lowest BCUT2D eigenvalue weighted by molar-refractivity contribution is 0.102. The molecule has 5 rings (SSSR count). The van der Waals surface area contributed by atoms with Crippen molar-refractivity contribution in [3.05, 3.63) is 48.0 Å². The van der Waals surface area contributed by atoms with E-state index in [4.69, 9.17) is 10.5 Å². The Labute approximate surface area is 212 Å². The number of nitrogens with two attached hydrogens (primary N) is 1. The number of benzene rings is 2. The molecule has 2 aromatic heterocycles. The molecule has 4 aromatic rings. The number of aromatic nitrogens is 4. The number of ether oxygens (including phenoxy) is 1. The molecule has 1 aliphatic heterocycles. The number of sulfone groups is 1. The molecular weight excluding hydrogens is 501 g/mol. The van der Waals surface area contributed by atoms with Crippen molar-refractivity contribution < 1.29 is 22.3 Å². The van der Waals surface area contributed by atoms with Crippen molar-refractivity contribution in [3.63, 3.8) is 0 Å². The first-order chi connectivity index (χ1) is 17.6. The molecule has 1 fully saturated rings. The molecule has 0 bridgehead atoms. The Morgan fingerprint density at radius 2 is 2.14 bits per heavy atom. The summed E-state index contributed by atoms with van der Waals surface area (Å²) in [5.41, 5.74) is 7.50. The highest BCUT2D eigenvalue weighted by atomic mass is 32.2. The van der Waals surface area contributed by atoms with Crippen molar-refractivity contribution in [3.8, 4) is 6.01 Å². The average Bonchev–Trinajstić information content (AvgIpc) is 3.22. The topological polar surface area (TPSA) is 154 Å². The third-order valence-electron chi connectivity index (χ3n) is 6.15. The van der Waals surface area contributed by atoms with E-state index in [0.29, 0.717) is 29.4 Å². The van der Waals surface area contributed by atoms with Gasteiger partial charge in [-0.1, -0.05) is 0 Å². The van der Waals surface area contributed by atoms with Gasteiger partial charge in [0, 0.05) is 54.2 Å². The van der Waals surface area contributed by atoms with E-state index in [1.165, 1.54) is 16.9 Å². The van der Waals surface area contributed by atoms with Crippen LogP contribution in [0.2, 0.25) is 0 Å². The second-order valence-electron chi connectivity index (χ2n) is 9.18. The molecule has 0 aliphatic carbocycles. The number of carbonyl (C=O) groups is 1. The minimum atomic E-state index is -3.13. The Balaban J connectivity index is 1.48. The molecule has 0 radical (unpaired) electrons. The van der Waals surface area contributed by atoms with Crippen molar-refractivity contribution in [1.82, 2.24) is 19.7 Å². The van der Waals surface area contributed by atoms with Gasteiger partial charge in [0.15, 0.2) is 15.7 Å². The summed E-state index contributed by atoms with van der Waals surface area (Å²) in [7, 11) is -1.45. The number of nitrogens with one attached hydrogen (secondary N) is 2. The van der Waals surface area contributed by atoms with Gasteiger partial charge in [0.05, 0.1) is 22.1 Å². The van der Waals surface area contributed by atoms with Crippen molar-refractivity contribution >= 4 is 48.9 Å². The first kappa shape index (κ1) is 24.8. The Bertz CT molecular complexity index is 1620. The Morgan fingerprint density at radius 3 is 2.84 bits per heavy atom. The van der Waals surface area contributed by atoms with Crippen LogP contribution >= 0.6 is 0 Å². The summed E-state index contributed by atoms with van der Waals surface area (Å²) >= 11 is 0. The van der Waals surface area contributed by atoms with Gasteiger partial charge in [0.2, 0.25) is 0 Å². The number of carbonyl (C=O) groups excluding carboxylic acids is 1. The highest BCUT2D eigenvalue weighted by molar-refractivity contribution is 7.93. The highest BCUT2D eigenvalue weighted by Crippen LogP contribution is 2.29. The zero-order chi connectivity index (χ0) is 26.3. The maximum Gasteiger partial charge on any atom is 0.316 e. The third kappa shape index (κ3) is 5.04. The Hall–Kier alpha value is -3.84. The Kier molecular flexibility index (Phi) is 6.42. The fraction of sp³-hybridized carbons (Fsp3) is 0.333. The number of hydrogen-bond acceptors (Lipinski definition) is 9. The number of hydrogen-bond donors (Lipinski definition) is 3. The minimum Gasteiger partial charge on any atom is -0.462 e. The number of anilines is 2. The summed E-state index contributed by atoms with van der Waals surface area (Å²) in [6.07, 6.45) is 3.68. The van der Waals surface area contributed by atoms with Crippen LogP contribution in [0.25, 0.3) is 21.8 Å². The molecule has 3 heterocycles. The van der Waals surface area contributed by atoms with Crippen LogP contribution in [-0.2, 0) is 16.9 Å². The third-order valence-corrected chi connectivity index (χ3v) is 8.34. The lowest BCUT2D eigenvalue weighted by Gasteiger charge is -2.25. The molecule has 194 valence electrons. The predicted molar refractivity (Wildman–Crippen MR) is 138 cm³/mol. The van der Waals surface area contributed by atoms with Gasteiger partial charge in [0.1, 0.15) is 12.1 Å². The van der Waals surface area contributed by atoms with Crippen molar-refractivity contribution in [2.75, 3.05) is 29.5 Å². The van der Waals surface area contributed by atoms with E-state index in [0.717, 1.165) is 0 Å². The van der Waals surface area contributed by atoms with Gasteiger partial charge in [0.25, 0.3) is 5.91 Å². The smallest absolute Gasteiger partial charge is 0.316 e. The van der Waals surface area contributed by atoms with Crippen LogP contribution in [0.3, 0.4) is 0 Å². The van der Waals surface area contributed by atoms with Gasteiger partial charge in [-0.15, -0.1) is 0 Å². The van der Waals surface area contributed by atoms with E-state index in [1.807, 2.05) is 6.92 Å². The van der Waals surface area contributed by atoms with Crippen LogP contribution in [0.4, 0.5) is 15.8 Å². The van der Waals surface area contributed by atoms with E-state index in [1.54, 1.807) is 31.4 Å². The molecule has 13 heteroatoms. The van der Waals surface area contributed by atoms with E-state index in [-0.39, 0.29) is 46.7 Å². The monoisotopic (exact) mass is 527 g/mol. The molecule has 37 heavy (non-hydrogen) atoms. The largest absolute Gasteiger partial charge is 0.462 e. The van der Waals surface area contributed by atoms with Gasteiger partial charge in [-0.25, -0.2) is 17.8 Å². The van der Waals surface area contributed by atoms with Crippen LogP contribution in [0, 0.1) is 5.82 Å². The summed E-state index contributed by atoms with van der Waals surface area (Å²) in [6, 6.07) is 5.98. The second kappa shape index (κ2) is 9.56. The number of amides is 1. The van der Waals surface area contributed by atoms with E-state index < -0.39 is 26.8 Å². The van der Waals surface area contributed by atoms with Gasteiger partial charge >= 0.3 is 6.01 Å². The quantitative estimate of drug-likeness (QED) is 0.313. The second-order valence-corrected chi connectivity index (χ2v) is 11.6. The highest BCUT2D eigenvalue weighted by Gasteiger charge is 2.36. The van der Waals surface area contributed by atoms with Gasteiger partial charge in [-0.2, -0.15) is 10.1 Å². The van der Waals surface area contributed by atoms with Crippen molar-refractivity contribution in [1.29, 1.82) is 0 Å². The fourth-order valence-corrected chi connectivity index (χ4v) is 5.32. The van der Waals surface area contributed by atoms with E-state index in [2.05, 4.69) is 25.7 Å². The SMILES string of the molecule is C[C@@H](N)CNc1ccc(C(=O)Nc2cc(F)c3nn(C)cc3c2)c2nc(OCC3CCS3(=O)=O)ncc12. The zero-order valence-corrected chi connectivity index (χ0v) is 21.0. The number of rotatable bonds is 8. The maximum absolute atomic E-state index is 14.5. The number of nitrogens with zero attached hydrogens (tertiary/aromatic N) is 4. The summed E-state index contributed by atoms with van der Waals surface area (Å²) in [4.78, 5) is 21.9. The lowest BCUT2D eigenvalue weighted by Crippen LogP contribution is -2.41. The molecule has 1 aliphatic rings. The van der Waals surface area contributed by atoms with Crippen molar-refractivity contribution in [2.45, 2.75) is 24.6 Å². The molecule has 1 saturated heterocycles. The molecule has 1 amide bonds. The maximum atomic E-state index is 14.5. The zero-order valence-electron chi connectivity index (χ0n) is 20.2. The molecular formula is C24H26FN7O4S. The molecule has 1 unspecified atom stereocenters. The predicted octanol–water partition coefficient (Wildman–Crippen LogP) is 2.23. The van der Waals surface area contributed by atoms with Gasteiger partial charge in [-0.05, 0) is 37.6 Å². The summed E-state index contributed by atoms with van der Waals surface area (Å²) in [6.45, 7) is 2.26. The van der Waals surface area contributed by atoms with Crippen LogP contribution in [0.1, 0.15) is 23.7 Å². The fourth-order valence-electron chi connectivity index (χ4n) is 4.10. The summed E-state index contributed by atoms with van der Waals surface area (Å²) in [5, 5.41) is 10.5. The molecule has 4 N–H and O–H groups in total. The number of fused-ring (bicyclic) bond motifs is 2. The summed E-state index contributed by atoms with van der Waals surface area (Å²) in [5.74, 6) is -0.931. The minimum absolute atomic E-state index is 0.0455. The normalized spacial score (nSPS) is 17.4. The van der Waals surface area contributed by atoms with E-state index in [9.17, 15) is 17.6 Å². The summed E-state index contributed by atoms with van der Waals surface area (Å²) < 4.78 is 45.3. The molecule has 0 spiro atoms. The van der Waals surface area contributed by atoms with Gasteiger partial charge in [-0.3, -0.25) is 9.48 Å². The van der Waals surface area contributed by atoms with Crippen LogP contribution in [0.15, 0.2) is 36.7 Å². The van der Waals surface area contributed by atoms with Crippen LogP contribution in [-0.4, -0.2) is 64.3 Å².